The summed E-state index contributed by atoms with van der Waals surface area (Å²) in [7, 11) is 0. The van der Waals surface area contributed by atoms with Crippen molar-refractivity contribution in [2.24, 2.45) is 0 Å². The Morgan fingerprint density at radius 3 is 2.46 bits per heavy atom. The van der Waals surface area contributed by atoms with Crippen molar-refractivity contribution in [3.63, 3.8) is 0 Å². The summed E-state index contributed by atoms with van der Waals surface area (Å²) in [6.45, 7) is 5.46. The third kappa shape index (κ3) is 5.64. The molecule has 1 aromatic carbocycles. The van der Waals surface area contributed by atoms with Crippen molar-refractivity contribution >= 4 is 58.3 Å². The number of anilines is 1. The predicted octanol–water partition coefficient (Wildman–Crippen LogP) is 5.88. The molecule has 1 aromatic heterocycles. The number of ether oxygens (including phenoxy) is 1. The Bertz CT molecular complexity index is 813. The van der Waals surface area contributed by atoms with E-state index in [2.05, 4.69) is 10.4 Å². The number of carbonyl (C=O) groups is 1. The number of halogens is 5. The summed E-state index contributed by atoms with van der Waals surface area (Å²) in [4.78, 5) is 12.0. The Morgan fingerprint density at radius 1 is 1.27 bits per heavy atom. The lowest BCUT2D eigenvalue weighted by molar-refractivity contribution is 0.163. The van der Waals surface area contributed by atoms with E-state index in [-0.39, 0.29) is 10.4 Å². The third-order valence-corrected chi connectivity index (χ3v) is 3.84. The summed E-state index contributed by atoms with van der Waals surface area (Å²) in [5, 5.41) is 6.94. The molecule has 26 heavy (non-hydrogen) atoms. The van der Waals surface area contributed by atoms with Crippen molar-refractivity contribution in [3.8, 4) is 5.69 Å². The minimum absolute atomic E-state index is 0.0694. The molecule has 0 atom stereocenters. The fourth-order valence-corrected chi connectivity index (χ4v) is 2.28. The van der Waals surface area contributed by atoms with E-state index in [1.807, 2.05) is 20.8 Å². The number of hydrogen-bond donors (Lipinski definition) is 1. The molecule has 2 aromatic rings. The van der Waals surface area contributed by atoms with Crippen LogP contribution in [-0.2, 0) is 10.2 Å². The summed E-state index contributed by atoms with van der Waals surface area (Å²) >= 11 is 22.5. The van der Waals surface area contributed by atoms with Gasteiger partial charge in [-0.1, -0.05) is 67.2 Å². The summed E-state index contributed by atoms with van der Waals surface area (Å²) in [6.07, 6.45) is -0.828. The maximum Gasteiger partial charge on any atom is 0.412 e. The molecule has 0 aliphatic carbocycles. The van der Waals surface area contributed by atoms with E-state index in [1.165, 1.54) is 22.9 Å². The second kappa shape index (κ2) is 7.80. The van der Waals surface area contributed by atoms with Gasteiger partial charge < -0.3 is 4.74 Å². The van der Waals surface area contributed by atoms with Crippen molar-refractivity contribution in [2.45, 2.75) is 30.0 Å². The van der Waals surface area contributed by atoms with Gasteiger partial charge in [0.25, 0.3) is 0 Å². The third-order valence-electron chi connectivity index (χ3n) is 3.22. The lowest BCUT2D eigenvalue weighted by atomic mass is 9.92. The first-order chi connectivity index (χ1) is 11.9. The Balaban J connectivity index is 2.36. The number of aromatic nitrogens is 2. The van der Waals surface area contributed by atoms with E-state index in [9.17, 15) is 9.18 Å². The summed E-state index contributed by atoms with van der Waals surface area (Å²) in [6, 6.07) is 5.77. The Labute approximate surface area is 170 Å². The molecule has 142 valence electrons. The molecule has 0 aliphatic heterocycles. The Hall–Kier alpha value is -1.21. The zero-order valence-corrected chi connectivity index (χ0v) is 17.1. The van der Waals surface area contributed by atoms with Gasteiger partial charge in [-0.15, -0.1) is 0 Å². The van der Waals surface area contributed by atoms with Gasteiger partial charge >= 0.3 is 6.09 Å². The lowest BCUT2D eigenvalue weighted by Crippen LogP contribution is -2.22. The molecule has 0 radical (unpaired) electrons. The maximum absolute atomic E-state index is 13.4. The standard InChI is InChI=1S/C16H16Cl4FN3O2/c1-15(2,3)12-7-13(22-14(25)26-8-16(18,19)20)24(23-12)9-4-5-11(21)10(17)6-9/h4-7H,8H2,1-3H3,(H,22,25). The van der Waals surface area contributed by atoms with Crippen LogP contribution < -0.4 is 5.32 Å². The van der Waals surface area contributed by atoms with E-state index in [4.69, 9.17) is 51.1 Å². The number of rotatable bonds is 3. The molecule has 2 rings (SSSR count). The average Bonchev–Trinajstić information content (AvgIpc) is 2.91. The molecule has 0 spiro atoms. The molecule has 0 bridgehead atoms. The largest absolute Gasteiger partial charge is 0.445 e. The van der Waals surface area contributed by atoms with Crippen LogP contribution in [0.25, 0.3) is 5.69 Å². The fourth-order valence-electron chi connectivity index (χ4n) is 1.94. The summed E-state index contributed by atoms with van der Waals surface area (Å²) < 4.78 is 18.0. The van der Waals surface area contributed by atoms with E-state index >= 15 is 0 Å². The van der Waals surface area contributed by atoms with E-state index < -0.39 is 22.3 Å². The van der Waals surface area contributed by atoms with Crippen LogP contribution in [0.4, 0.5) is 15.0 Å². The van der Waals surface area contributed by atoms with Crippen molar-refractivity contribution in [1.82, 2.24) is 9.78 Å². The minimum atomic E-state index is -1.72. The molecule has 0 saturated carbocycles. The van der Waals surface area contributed by atoms with Gasteiger partial charge in [0.05, 0.1) is 16.4 Å². The van der Waals surface area contributed by atoms with Crippen LogP contribution in [0.2, 0.25) is 5.02 Å². The number of carbonyl (C=O) groups excluding carboxylic acids is 1. The van der Waals surface area contributed by atoms with Crippen LogP contribution in [-0.4, -0.2) is 26.3 Å². The zero-order chi connectivity index (χ0) is 19.7. The predicted molar refractivity (Wildman–Crippen MR) is 102 cm³/mol. The quantitative estimate of drug-likeness (QED) is 0.603. The second-order valence-corrected chi connectivity index (χ2v) is 9.41. The van der Waals surface area contributed by atoms with Gasteiger partial charge in [-0.2, -0.15) is 5.10 Å². The van der Waals surface area contributed by atoms with E-state index in [1.54, 1.807) is 6.07 Å². The molecule has 5 nitrogen and oxygen atoms in total. The molecule has 1 amide bonds. The molecular weight excluding hydrogens is 427 g/mol. The number of benzene rings is 1. The zero-order valence-electron chi connectivity index (χ0n) is 14.1. The molecular formula is C16H16Cl4FN3O2. The number of hydrogen-bond acceptors (Lipinski definition) is 3. The SMILES string of the molecule is CC(C)(C)c1cc(NC(=O)OCC(Cl)(Cl)Cl)n(-c2ccc(F)c(Cl)c2)n1. The molecule has 0 unspecified atom stereocenters. The van der Waals surface area contributed by atoms with Crippen LogP contribution in [0.15, 0.2) is 24.3 Å². The van der Waals surface area contributed by atoms with Gasteiger partial charge in [0.2, 0.25) is 3.79 Å². The highest BCUT2D eigenvalue weighted by Gasteiger charge is 2.24. The highest BCUT2D eigenvalue weighted by molar-refractivity contribution is 6.67. The van der Waals surface area contributed by atoms with Crippen LogP contribution in [0.3, 0.4) is 0 Å². The molecule has 1 N–H and O–H groups in total. The molecule has 1 heterocycles. The van der Waals surface area contributed by atoms with Crippen molar-refractivity contribution in [2.75, 3.05) is 11.9 Å². The second-order valence-electron chi connectivity index (χ2n) is 6.49. The number of amides is 1. The molecule has 0 saturated heterocycles. The first-order valence-electron chi connectivity index (χ1n) is 7.43. The van der Waals surface area contributed by atoms with Gasteiger partial charge in [-0.3, -0.25) is 5.32 Å². The normalized spacial score (nSPS) is 12.2. The van der Waals surface area contributed by atoms with Gasteiger partial charge in [-0.25, -0.2) is 13.9 Å². The lowest BCUT2D eigenvalue weighted by Gasteiger charge is -2.14. The molecule has 10 heteroatoms. The van der Waals surface area contributed by atoms with Crippen LogP contribution >= 0.6 is 46.4 Å². The van der Waals surface area contributed by atoms with E-state index in [0.29, 0.717) is 17.2 Å². The summed E-state index contributed by atoms with van der Waals surface area (Å²) in [5.74, 6) is -0.262. The first kappa shape index (κ1) is 21.1. The van der Waals surface area contributed by atoms with Crippen molar-refractivity contribution in [1.29, 1.82) is 0 Å². The van der Waals surface area contributed by atoms with Crippen molar-refractivity contribution < 1.29 is 13.9 Å². The van der Waals surface area contributed by atoms with E-state index in [0.717, 1.165) is 0 Å². The van der Waals surface area contributed by atoms with Crippen LogP contribution in [0, 0.1) is 5.82 Å². The van der Waals surface area contributed by atoms with Gasteiger partial charge in [-0.05, 0) is 18.2 Å². The average molecular weight is 443 g/mol. The molecule has 0 fully saturated rings. The number of nitrogens with one attached hydrogen (secondary N) is 1. The van der Waals surface area contributed by atoms with Gasteiger partial charge in [0.1, 0.15) is 18.2 Å². The number of alkyl halides is 3. The summed E-state index contributed by atoms with van der Waals surface area (Å²) in [5.41, 5.74) is 0.852. The minimum Gasteiger partial charge on any atom is -0.445 e. The highest BCUT2D eigenvalue weighted by atomic mass is 35.6. The first-order valence-corrected chi connectivity index (χ1v) is 8.94. The van der Waals surface area contributed by atoms with Crippen LogP contribution in [0.1, 0.15) is 26.5 Å². The van der Waals surface area contributed by atoms with Gasteiger partial charge in [0.15, 0.2) is 0 Å². The van der Waals surface area contributed by atoms with Crippen LogP contribution in [0.5, 0.6) is 0 Å². The highest BCUT2D eigenvalue weighted by Crippen LogP contribution is 2.29. The molecule has 0 aliphatic rings. The number of nitrogens with zero attached hydrogens (tertiary/aromatic N) is 2. The smallest absolute Gasteiger partial charge is 0.412 e. The topological polar surface area (TPSA) is 56.1 Å². The van der Waals surface area contributed by atoms with Crippen molar-refractivity contribution in [3.05, 3.63) is 40.8 Å². The van der Waals surface area contributed by atoms with Gasteiger partial charge in [0, 0.05) is 11.5 Å². The Kier molecular flexibility index (Phi) is 6.33. The fraction of sp³-hybridized carbons (Fsp3) is 0.375. The maximum atomic E-state index is 13.4. The Morgan fingerprint density at radius 2 is 1.92 bits per heavy atom. The monoisotopic (exact) mass is 441 g/mol.